The van der Waals surface area contributed by atoms with E-state index in [1.165, 1.54) is 12.1 Å². The van der Waals surface area contributed by atoms with E-state index in [4.69, 9.17) is 0 Å². The number of hydrogen-bond donors (Lipinski definition) is 4. The highest BCUT2D eigenvalue weighted by Gasteiger charge is 2.28. The molecule has 0 bridgehead atoms. The Bertz CT molecular complexity index is 996. The van der Waals surface area contributed by atoms with E-state index in [0.717, 1.165) is 6.08 Å². The first-order valence-corrected chi connectivity index (χ1v) is 7.60. The number of fused-ring (bicyclic) bond motifs is 1. The molecule has 1 heterocycles. The second-order valence-corrected chi connectivity index (χ2v) is 5.61. The van der Waals surface area contributed by atoms with Crippen LogP contribution < -0.4 is 16.0 Å². The summed E-state index contributed by atoms with van der Waals surface area (Å²) in [6.07, 6.45) is 0.944. The maximum atomic E-state index is 13.7. The van der Waals surface area contributed by atoms with Gasteiger partial charge in [0.2, 0.25) is 5.82 Å². The van der Waals surface area contributed by atoms with Crippen LogP contribution in [0.3, 0.4) is 0 Å². The number of benzene rings is 2. The zero-order valence-electron chi connectivity index (χ0n) is 13.6. The highest BCUT2D eigenvalue weighted by atomic mass is 19.2. The van der Waals surface area contributed by atoms with Crippen LogP contribution in [0.5, 0.6) is 0 Å². The molecular formula is C17H10F5N3O3. The van der Waals surface area contributed by atoms with Gasteiger partial charge < -0.3 is 21.1 Å². The Morgan fingerprint density at radius 2 is 1.54 bits per heavy atom. The van der Waals surface area contributed by atoms with Crippen LogP contribution in [0.25, 0.3) is 0 Å². The van der Waals surface area contributed by atoms with Crippen molar-refractivity contribution in [2.24, 2.45) is 0 Å². The van der Waals surface area contributed by atoms with Crippen LogP contribution in [0.15, 0.2) is 36.1 Å². The van der Waals surface area contributed by atoms with Gasteiger partial charge in [-0.15, -0.1) is 0 Å². The van der Waals surface area contributed by atoms with Gasteiger partial charge in [0, 0.05) is 11.3 Å². The number of halogens is 5. The van der Waals surface area contributed by atoms with E-state index in [1.807, 2.05) is 0 Å². The minimum atomic E-state index is -2.36. The lowest BCUT2D eigenvalue weighted by molar-refractivity contribution is -0.115. The Morgan fingerprint density at radius 1 is 0.964 bits per heavy atom. The third-order valence-corrected chi connectivity index (χ3v) is 3.84. The molecule has 11 heteroatoms. The van der Waals surface area contributed by atoms with E-state index in [0.29, 0.717) is 5.56 Å². The second kappa shape index (κ2) is 7.18. The number of aliphatic hydroxyl groups is 1. The van der Waals surface area contributed by atoms with Gasteiger partial charge in [-0.05, 0) is 12.1 Å². The number of nitrogens with one attached hydrogen (secondary N) is 3. The number of hydrogen-bond acceptors (Lipinski definition) is 3. The Balaban J connectivity index is 1.91. The van der Waals surface area contributed by atoms with Crippen molar-refractivity contribution in [3.8, 4) is 0 Å². The number of amides is 3. The maximum absolute atomic E-state index is 13.7. The Labute approximate surface area is 153 Å². The number of rotatable bonds is 2. The summed E-state index contributed by atoms with van der Waals surface area (Å²) in [6, 6.07) is 3.56. The fourth-order valence-electron chi connectivity index (χ4n) is 2.52. The molecule has 146 valence electrons. The Morgan fingerprint density at radius 3 is 2.18 bits per heavy atom. The van der Waals surface area contributed by atoms with Crippen LogP contribution >= 0.6 is 0 Å². The quantitative estimate of drug-likeness (QED) is 0.353. The summed E-state index contributed by atoms with van der Waals surface area (Å²) in [6.45, 7) is 0. The van der Waals surface area contributed by atoms with Gasteiger partial charge >= 0.3 is 6.03 Å². The Hall–Kier alpha value is -3.63. The number of urea groups is 1. The predicted molar refractivity (Wildman–Crippen MR) is 86.9 cm³/mol. The van der Waals surface area contributed by atoms with Crippen LogP contribution in [-0.2, 0) is 4.79 Å². The van der Waals surface area contributed by atoms with Crippen LogP contribution in [0.4, 0.5) is 38.1 Å². The summed E-state index contributed by atoms with van der Waals surface area (Å²) in [5.74, 6) is -12.9. The largest absolute Gasteiger partial charge is 0.503 e. The molecule has 0 spiro atoms. The van der Waals surface area contributed by atoms with Crippen LogP contribution in [-0.4, -0.2) is 17.0 Å². The number of anilines is 2. The fraction of sp³-hybridized carbons (Fsp3) is 0.0588. The monoisotopic (exact) mass is 399 g/mol. The average molecular weight is 399 g/mol. The summed E-state index contributed by atoms with van der Waals surface area (Å²) in [4.78, 5) is 23.8. The standard InChI is InChI=1S/C17H10F5N3O3/c18-10-11(19)13(21)15(14(22)12(10)20)25-17(28)24-8-5-9(26)16(27)23-7-4-2-1-3-6(7)8/h1-5,8,26H,(H,23,27)(H2,24,25,28). The molecule has 1 atom stereocenters. The molecule has 0 radical (unpaired) electrons. The smallest absolute Gasteiger partial charge is 0.320 e. The molecular weight excluding hydrogens is 389 g/mol. The third-order valence-electron chi connectivity index (χ3n) is 3.84. The third kappa shape index (κ3) is 3.33. The normalized spacial score (nSPS) is 15.8. The molecule has 2 aromatic carbocycles. The molecule has 28 heavy (non-hydrogen) atoms. The molecule has 0 fully saturated rings. The van der Waals surface area contributed by atoms with Gasteiger partial charge in [0.15, 0.2) is 29.0 Å². The van der Waals surface area contributed by atoms with Crippen LogP contribution in [0.1, 0.15) is 11.6 Å². The summed E-state index contributed by atoms with van der Waals surface area (Å²) in [5.41, 5.74) is -1.01. The highest BCUT2D eigenvalue weighted by Crippen LogP contribution is 2.29. The Kier molecular flexibility index (Phi) is 4.91. The van der Waals surface area contributed by atoms with E-state index in [-0.39, 0.29) is 5.69 Å². The SMILES string of the molecule is O=C(Nc1c(F)c(F)c(F)c(F)c1F)NC1C=C(O)C(=O)Nc2ccccc21. The lowest BCUT2D eigenvalue weighted by Gasteiger charge is -2.18. The topological polar surface area (TPSA) is 90.5 Å². The average Bonchev–Trinajstić information content (AvgIpc) is 2.79. The van der Waals surface area contributed by atoms with Crippen molar-refractivity contribution >= 4 is 23.3 Å². The van der Waals surface area contributed by atoms with E-state index in [9.17, 15) is 36.6 Å². The zero-order chi connectivity index (χ0) is 20.6. The molecule has 2 aromatic rings. The molecule has 0 saturated heterocycles. The molecule has 6 nitrogen and oxygen atoms in total. The number of carbonyl (C=O) groups excluding carboxylic acids is 2. The van der Waals surface area contributed by atoms with Crippen molar-refractivity contribution in [2.75, 3.05) is 10.6 Å². The number of aliphatic hydroxyl groups excluding tert-OH is 1. The molecule has 0 aliphatic carbocycles. The zero-order valence-corrected chi connectivity index (χ0v) is 13.6. The van der Waals surface area contributed by atoms with Gasteiger partial charge in [-0.3, -0.25) is 4.79 Å². The van der Waals surface area contributed by atoms with Gasteiger partial charge in [-0.2, -0.15) is 0 Å². The lowest BCUT2D eigenvalue weighted by atomic mass is 10.0. The molecule has 1 aliphatic rings. The first-order chi connectivity index (χ1) is 13.2. The number of para-hydroxylation sites is 1. The van der Waals surface area contributed by atoms with Crippen molar-refractivity contribution < 1.29 is 36.6 Å². The molecule has 1 unspecified atom stereocenters. The van der Waals surface area contributed by atoms with E-state index in [2.05, 4.69) is 10.6 Å². The minimum Gasteiger partial charge on any atom is -0.503 e. The van der Waals surface area contributed by atoms with Gasteiger partial charge in [0.05, 0.1) is 6.04 Å². The maximum Gasteiger partial charge on any atom is 0.320 e. The van der Waals surface area contributed by atoms with Gasteiger partial charge in [0.25, 0.3) is 5.91 Å². The van der Waals surface area contributed by atoms with Gasteiger partial charge in [-0.1, -0.05) is 18.2 Å². The van der Waals surface area contributed by atoms with E-state index >= 15 is 0 Å². The summed E-state index contributed by atoms with van der Waals surface area (Å²) >= 11 is 0. The van der Waals surface area contributed by atoms with Crippen molar-refractivity contribution in [1.29, 1.82) is 0 Å². The fourth-order valence-corrected chi connectivity index (χ4v) is 2.52. The molecule has 3 rings (SSSR count). The van der Waals surface area contributed by atoms with Gasteiger partial charge in [-0.25, -0.2) is 26.7 Å². The molecule has 0 aromatic heterocycles. The summed E-state index contributed by atoms with van der Waals surface area (Å²) in [7, 11) is 0. The van der Waals surface area contributed by atoms with Crippen LogP contribution in [0.2, 0.25) is 0 Å². The minimum absolute atomic E-state index is 0.231. The highest BCUT2D eigenvalue weighted by molar-refractivity contribution is 6.03. The van der Waals surface area contributed by atoms with E-state index < -0.39 is 58.5 Å². The van der Waals surface area contributed by atoms with Crippen LogP contribution in [0, 0.1) is 29.1 Å². The summed E-state index contributed by atoms with van der Waals surface area (Å²) < 4.78 is 66.9. The van der Waals surface area contributed by atoms with Gasteiger partial charge in [0.1, 0.15) is 5.69 Å². The molecule has 0 saturated carbocycles. The lowest BCUT2D eigenvalue weighted by Crippen LogP contribution is -2.33. The van der Waals surface area contributed by atoms with E-state index in [1.54, 1.807) is 17.4 Å². The summed E-state index contributed by atoms with van der Waals surface area (Å²) in [5, 5.41) is 15.8. The number of carbonyl (C=O) groups is 2. The molecule has 3 amide bonds. The van der Waals surface area contributed by atoms with Crippen molar-refractivity contribution in [3.63, 3.8) is 0 Å². The second-order valence-electron chi connectivity index (χ2n) is 5.61. The van der Waals surface area contributed by atoms with Crippen molar-refractivity contribution in [2.45, 2.75) is 6.04 Å². The first-order valence-electron chi connectivity index (χ1n) is 7.60. The molecule has 4 N–H and O–H groups in total. The van der Waals surface area contributed by atoms with Crippen molar-refractivity contribution in [1.82, 2.24) is 5.32 Å². The van der Waals surface area contributed by atoms with Crippen molar-refractivity contribution in [3.05, 3.63) is 70.8 Å². The predicted octanol–water partition coefficient (Wildman–Crippen LogP) is 3.64. The molecule has 1 aliphatic heterocycles. The first kappa shape index (κ1) is 19.1.